The first kappa shape index (κ1) is 21.7. The molecule has 1 aromatic carbocycles. The van der Waals surface area contributed by atoms with E-state index >= 15 is 0 Å². The Morgan fingerprint density at radius 1 is 1.34 bits per heavy atom. The minimum atomic E-state index is -3.66. The van der Waals surface area contributed by atoms with Gasteiger partial charge in [0.25, 0.3) is 5.91 Å². The Hall–Kier alpha value is -2.04. The predicted molar refractivity (Wildman–Crippen MR) is 104 cm³/mol. The average molecular weight is 427 g/mol. The van der Waals surface area contributed by atoms with Gasteiger partial charge in [0.1, 0.15) is 5.82 Å². The van der Waals surface area contributed by atoms with Gasteiger partial charge in [-0.2, -0.15) is 0 Å². The summed E-state index contributed by atoms with van der Waals surface area (Å²) in [7, 11) is -2.14. The van der Waals surface area contributed by atoms with Gasteiger partial charge in [-0.3, -0.25) is 14.5 Å². The Kier molecular flexibility index (Phi) is 6.86. The van der Waals surface area contributed by atoms with E-state index in [1.165, 1.54) is 13.2 Å². The smallest absolute Gasteiger partial charge is 0.253 e. The van der Waals surface area contributed by atoms with E-state index in [0.717, 1.165) is 4.31 Å². The van der Waals surface area contributed by atoms with Crippen LogP contribution in [-0.2, 0) is 30.8 Å². The predicted octanol–water partition coefficient (Wildman–Crippen LogP) is 0.136. The lowest BCUT2D eigenvalue weighted by Gasteiger charge is -2.23. The molecule has 1 N–H and O–H groups in total. The number of benzene rings is 1. The van der Waals surface area contributed by atoms with Crippen molar-refractivity contribution >= 4 is 21.8 Å². The van der Waals surface area contributed by atoms with Crippen LogP contribution < -0.4 is 5.32 Å². The molecule has 8 nitrogen and oxygen atoms in total. The van der Waals surface area contributed by atoms with Crippen LogP contribution in [0.25, 0.3) is 0 Å². The van der Waals surface area contributed by atoms with Crippen molar-refractivity contribution in [1.82, 2.24) is 14.5 Å². The monoisotopic (exact) mass is 427 g/mol. The van der Waals surface area contributed by atoms with Crippen LogP contribution in [0.1, 0.15) is 18.4 Å². The Morgan fingerprint density at radius 2 is 2.10 bits per heavy atom. The molecule has 0 saturated carbocycles. The van der Waals surface area contributed by atoms with E-state index in [1.54, 1.807) is 18.2 Å². The number of rotatable bonds is 7. The zero-order valence-electron chi connectivity index (χ0n) is 16.3. The molecular weight excluding hydrogens is 401 g/mol. The second-order valence-corrected chi connectivity index (χ2v) is 9.36. The third kappa shape index (κ3) is 5.12. The summed E-state index contributed by atoms with van der Waals surface area (Å²) < 4.78 is 44.6. The number of sulfonamides is 1. The van der Waals surface area contributed by atoms with Crippen LogP contribution in [0.5, 0.6) is 0 Å². The summed E-state index contributed by atoms with van der Waals surface area (Å²) in [5, 5.41) is 2.85. The molecule has 0 unspecified atom stereocenters. The number of carbonyl (C=O) groups excluding carboxylic acids is 2. The Labute approximate surface area is 170 Å². The summed E-state index contributed by atoms with van der Waals surface area (Å²) in [5.41, 5.74) is 0.309. The van der Waals surface area contributed by atoms with Gasteiger partial charge in [-0.15, -0.1) is 0 Å². The molecule has 2 atom stereocenters. The number of amides is 2. The molecule has 2 aliphatic rings. The van der Waals surface area contributed by atoms with E-state index in [1.807, 2.05) is 4.90 Å². The summed E-state index contributed by atoms with van der Waals surface area (Å²) >= 11 is 0. The van der Waals surface area contributed by atoms with E-state index in [-0.39, 0.29) is 37.2 Å². The van der Waals surface area contributed by atoms with Crippen molar-refractivity contribution < 1.29 is 27.1 Å². The van der Waals surface area contributed by atoms with Crippen LogP contribution in [0, 0.1) is 5.82 Å². The normalized spacial score (nSPS) is 24.2. The van der Waals surface area contributed by atoms with Crippen LogP contribution in [0.3, 0.4) is 0 Å². The lowest BCUT2D eigenvalue weighted by Crippen LogP contribution is -2.44. The summed E-state index contributed by atoms with van der Waals surface area (Å²) in [6.07, 6.45) is 0.675. The topological polar surface area (TPSA) is 96.0 Å². The van der Waals surface area contributed by atoms with Crippen LogP contribution in [0.15, 0.2) is 24.3 Å². The van der Waals surface area contributed by atoms with Crippen molar-refractivity contribution in [3.8, 4) is 0 Å². The minimum Gasteiger partial charge on any atom is -0.385 e. The van der Waals surface area contributed by atoms with Gasteiger partial charge < -0.3 is 10.1 Å². The Balaban J connectivity index is 1.63. The maximum Gasteiger partial charge on any atom is 0.253 e. The third-order valence-electron chi connectivity index (χ3n) is 5.29. The van der Waals surface area contributed by atoms with Gasteiger partial charge in [-0.25, -0.2) is 17.1 Å². The molecule has 2 heterocycles. The van der Waals surface area contributed by atoms with Crippen molar-refractivity contribution in [3.63, 3.8) is 0 Å². The highest BCUT2D eigenvalue weighted by Gasteiger charge is 2.45. The highest BCUT2D eigenvalue weighted by molar-refractivity contribution is 7.89. The molecule has 0 aromatic heterocycles. The molecule has 1 aromatic rings. The highest BCUT2D eigenvalue weighted by Crippen LogP contribution is 2.25. The molecule has 0 bridgehead atoms. The standard InChI is InChI=1S/C19H26FN3O5S/c1-28-9-4-7-23-19(25)17-12-15(13-22(17)8-10-29(23,26)27)21-18(24)11-14-5-2-3-6-16(14)20/h2-3,5-6,15,17H,4,7-13H2,1H3,(H,21,24)/t15-,17-/m0/s1. The maximum atomic E-state index is 13.7. The quantitative estimate of drug-likeness (QED) is 0.622. The molecule has 2 amide bonds. The number of carbonyl (C=O) groups is 2. The van der Waals surface area contributed by atoms with Gasteiger partial charge in [0.05, 0.1) is 18.2 Å². The third-order valence-corrected chi connectivity index (χ3v) is 7.02. The summed E-state index contributed by atoms with van der Waals surface area (Å²) in [4.78, 5) is 27.0. The van der Waals surface area contributed by atoms with Crippen LogP contribution in [0.4, 0.5) is 4.39 Å². The number of halogens is 1. The second kappa shape index (κ2) is 9.19. The Bertz CT molecular complexity index is 863. The highest BCUT2D eigenvalue weighted by atomic mass is 32.2. The molecule has 0 spiro atoms. The molecule has 0 aliphatic carbocycles. The molecule has 10 heteroatoms. The number of hydrogen-bond donors (Lipinski definition) is 1. The zero-order valence-corrected chi connectivity index (χ0v) is 17.2. The van der Waals surface area contributed by atoms with Crippen LogP contribution in [0.2, 0.25) is 0 Å². The Morgan fingerprint density at radius 3 is 2.83 bits per heavy atom. The van der Waals surface area contributed by atoms with Crippen molar-refractivity contribution in [3.05, 3.63) is 35.6 Å². The second-order valence-electron chi connectivity index (χ2n) is 7.35. The van der Waals surface area contributed by atoms with Gasteiger partial charge in [0, 0.05) is 39.4 Å². The van der Waals surface area contributed by atoms with Gasteiger partial charge >= 0.3 is 0 Å². The van der Waals surface area contributed by atoms with Crippen LogP contribution in [-0.4, -0.2) is 80.6 Å². The van der Waals surface area contributed by atoms with E-state index in [4.69, 9.17) is 4.74 Å². The van der Waals surface area contributed by atoms with E-state index in [2.05, 4.69) is 5.32 Å². The number of hydrogen-bond acceptors (Lipinski definition) is 6. The average Bonchev–Trinajstić information content (AvgIpc) is 3.04. The maximum absolute atomic E-state index is 13.7. The van der Waals surface area contributed by atoms with Crippen molar-refractivity contribution in [2.45, 2.75) is 31.3 Å². The summed E-state index contributed by atoms with van der Waals surface area (Å²) in [5.74, 6) is -1.35. The van der Waals surface area contributed by atoms with Crippen molar-refractivity contribution in [2.24, 2.45) is 0 Å². The fourth-order valence-corrected chi connectivity index (χ4v) is 5.34. The van der Waals surface area contributed by atoms with Gasteiger partial charge in [0.2, 0.25) is 15.9 Å². The van der Waals surface area contributed by atoms with Crippen molar-refractivity contribution in [1.29, 1.82) is 0 Å². The van der Waals surface area contributed by atoms with Gasteiger partial charge in [-0.1, -0.05) is 18.2 Å². The van der Waals surface area contributed by atoms with Crippen molar-refractivity contribution in [2.75, 3.05) is 39.1 Å². The van der Waals surface area contributed by atoms with Crippen LogP contribution >= 0.6 is 0 Å². The van der Waals surface area contributed by atoms with Gasteiger partial charge in [-0.05, 0) is 24.5 Å². The largest absolute Gasteiger partial charge is 0.385 e. The summed E-state index contributed by atoms with van der Waals surface area (Å²) in [6.45, 7) is 1.08. The lowest BCUT2D eigenvalue weighted by molar-refractivity contribution is -0.130. The molecule has 160 valence electrons. The number of nitrogens with one attached hydrogen (secondary N) is 1. The lowest BCUT2D eigenvalue weighted by atomic mass is 10.1. The fraction of sp³-hybridized carbons (Fsp3) is 0.579. The molecule has 2 aliphatic heterocycles. The summed E-state index contributed by atoms with van der Waals surface area (Å²) in [6, 6.07) is 5.22. The molecule has 2 saturated heterocycles. The number of methoxy groups -OCH3 is 1. The SMILES string of the molecule is COCCCN1C(=O)[C@@H]2C[C@H](NC(=O)Cc3ccccc3F)CN2CCS1(=O)=O. The van der Waals surface area contributed by atoms with E-state index in [9.17, 15) is 22.4 Å². The molecule has 29 heavy (non-hydrogen) atoms. The van der Waals surface area contributed by atoms with Gasteiger partial charge in [0.15, 0.2) is 0 Å². The molecular formula is C19H26FN3O5S. The minimum absolute atomic E-state index is 0.0840. The first-order chi connectivity index (χ1) is 13.8. The number of ether oxygens (including phenoxy) is 1. The molecule has 3 rings (SSSR count). The van der Waals surface area contributed by atoms with E-state index in [0.29, 0.717) is 31.6 Å². The number of fused-ring (bicyclic) bond motifs is 1. The first-order valence-corrected chi connectivity index (χ1v) is 11.2. The molecule has 2 fully saturated rings. The fourth-order valence-electron chi connectivity index (χ4n) is 3.85. The van der Waals surface area contributed by atoms with E-state index < -0.39 is 27.8 Å². The first-order valence-electron chi connectivity index (χ1n) is 9.62. The number of nitrogens with zero attached hydrogens (tertiary/aromatic N) is 2. The zero-order chi connectivity index (χ0) is 21.0. The molecule has 0 radical (unpaired) electrons.